The summed E-state index contributed by atoms with van der Waals surface area (Å²) in [5.41, 5.74) is 2.34. The van der Waals surface area contributed by atoms with Crippen LogP contribution in [0.3, 0.4) is 0 Å². The lowest BCUT2D eigenvalue weighted by atomic mass is 9.86. The molecule has 26 heavy (non-hydrogen) atoms. The average Bonchev–Trinajstić information content (AvgIpc) is 2.69. The third-order valence-corrected chi connectivity index (χ3v) is 5.12. The molecular weight excluding hydrogens is 388 g/mol. The summed E-state index contributed by atoms with van der Waals surface area (Å²) in [5.74, 6) is -0.0783. The summed E-state index contributed by atoms with van der Waals surface area (Å²) in [7, 11) is 0. The molecule has 0 aliphatic rings. The van der Waals surface area contributed by atoms with Crippen LogP contribution < -0.4 is 0 Å². The fourth-order valence-electron chi connectivity index (χ4n) is 3.03. The molecule has 2 nitrogen and oxygen atoms in total. The highest BCUT2D eigenvalue weighted by Gasteiger charge is 2.22. The second kappa shape index (κ2) is 8.72. The molecule has 3 aromatic rings. The van der Waals surface area contributed by atoms with Gasteiger partial charge in [0.15, 0.2) is 11.6 Å². The van der Waals surface area contributed by atoms with E-state index in [0.717, 1.165) is 10.0 Å². The molecular formula is C23H19BrO2. The molecule has 0 fully saturated rings. The molecule has 0 saturated heterocycles. The maximum atomic E-state index is 12.7. The summed E-state index contributed by atoms with van der Waals surface area (Å²) < 4.78 is 0.923. The molecule has 0 amide bonds. The molecule has 130 valence electrons. The molecule has 0 N–H and O–H groups in total. The molecule has 0 unspecified atom stereocenters. The Morgan fingerprint density at radius 3 is 1.54 bits per heavy atom. The van der Waals surface area contributed by atoms with Crippen molar-refractivity contribution in [3.05, 3.63) is 106 Å². The highest BCUT2D eigenvalue weighted by Crippen LogP contribution is 2.32. The number of carbonyl (C=O) groups excluding carboxylic acids is 2. The zero-order valence-corrected chi connectivity index (χ0v) is 15.9. The van der Waals surface area contributed by atoms with E-state index in [9.17, 15) is 9.59 Å². The molecule has 0 aliphatic carbocycles. The first-order chi connectivity index (χ1) is 12.6. The fraction of sp³-hybridized carbons (Fsp3) is 0.130. The Bertz CT molecular complexity index is 835. The van der Waals surface area contributed by atoms with E-state index in [1.807, 2.05) is 84.9 Å². The van der Waals surface area contributed by atoms with Gasteiger partial charge in [-0.05, 0) is 17.5 Å². The molecule has 0 bridgehead atoms. The van der Waals surface area contributed by atoms with Crippen LogP contribution in [0.2, 0.25) is 0 Å². The summed E-state index contributed by atoms with van der Waals surface area (Å²) >= 11 is 3.57. The minimum Gasteiger partial charge on any atom is -0.294 e. The van der Waals surface area contributed by atoms with Crippen molar-refractivity contribution in [1.82, 2.24) is 0 Å². The van der Waals surface area contributed by atoms with Gasteiger partial charge in [-0.2, -0.15) is 0 Å². The molecule has 3 rings (SSSR count). The van der Waals surface area contributed by atoms with Crippen LogP contribution in [0.25, 0.3) is 0 Å². The summed E-state index contributed by atoms with van der Waals surface area (Å²) in [5, 5.41) is 0. The normalized spacial score (nSPS) is 10.7. The van der Waals surface area contributed by atoms with Gasteiger partial charge in [-0.15, -0.1) is 0 Å². The van der Waals surface area contributed by atoms with E-state index in [4.69, 9.17) is 0 Å². The predicted molar refractivity (Wildman–Crippen MR) is 108 cm³/mol. The van der Waals surface area contributed by atoms with Gasteiger partial charge in [-0.25, -0.2) is 0 Å². The van der Waals surface area contributed by atoms with Gasteiger partial charge < -0.3 is 0 Å². The first-order valence-corrected chi connectivity index (χ1v) is 9.35. The number of hydrogen-bond acceptors (Lipinski definition) is 2. The molecule has 0 heterocycles. The Morgan fingerprint density at radius 2 is 1.08 bits per heavy atom. The average molecular weight is 407 g/mol. The van der Waals surface area contributed by atoms with Gasteiger partial charge in [-0.3, -0.25) is 9.59 Å². The summed E-state index contributed by atoms with van der Waals surface area (Å²) in [6.45, 7) is 0. The standard InChI is InChI=1S/C23H19BrO2/c24-21-14-8-7-13-20(21)19(15-22(25)17-9-3-1-4-10-17)16-23(26)18-11-5-2-6-12-18/h1-14,19H,15-16H2. The second-order valence-corrected chi connectivity index (χ2v) is 7.06. The van der Waals surface area contributed by atoms with E-state index in [1.54, 1.807) is 0 Å². The van der Waals surface area contributed by atoms with Gasteiger partial charge in [0.05, 0.1) is 0 Å². The number of rotatable bonds is 7. The Hall–Kier alpha value is -2.52. The van der Waals surface area contributed by atoms with Crippen molar-refractivity contribution in [3.63, 3.8) is 0 Å². The van der Waals surface area contributed by atoms with Crippen LogP contribution in [0.4, 0.5) is 0 Å². The summed E-state index contributed by atoms with van der Waals surface area (Å²) in [6.07, 6.45) is 0.594. The van der Waals surface area contributed by atoms with Crippen molar-refractivity contribution in [1.29, 1.82) is 0 Å². The Morgan fingerprint density at radius 1 is 0.654 bits per heavy atom. The van der Waals surface area contributed by atoms with E-state index >= 15 is 0 Å². The quantitative estimate of drug-likeness (QED) is 0.445. The van der Waals surface area contributed by atoms with Crippen LogP contribution in [0.15, 0.2) is 89.4 Å². The van der Waals surface area contributed by atoms with Crippen LogP contribution in [0.5, 0.6) is 0 Å². The van der Waals surface area contributed by atoms with Crippen molar-refractivity contribution in [2.45, 2.75) is 18.8 Å². The van der Waals surface area contributed by atoms with E-state index in [-0.39, 0.29) is 17.5 Å². The first kappa shape index (κ1) is 18.3. The van der Waals surface area contributed by atoms with Crippen molar-refractivity contribution in [2.24, 2.45) is 0 Å². The minimum atomic E-state index is -0.175. The fourth-order valence-corrected chi connectivity index (χ4v) is 3.64. The number of carbonyl (C=O) groups is 2. The van der Waals surface area contributed by atoms with E-state index in [2.05, 4.69) is 15.9 Å². The first-order valence-electron chi connectivity index (χ1n) is 8.56. The van der Waals surface area contributed by atoms with Gasteiger partial charge >= 0.3 is 0 Å². The molecule has 0 spiro atoms. The zero-order valence-electron chi connectivity index (χ0n) is 14.3. The monoisotopic (exact) mass is 406 g/mol. The second-order valence-electron chi connectivity index (χ2n) is 6.21. The van der Waals surface area contributed by atoms with Crippen LogP contribution in [-0.4, -0.2) is 11.6 Å². The Balaban J connectivity index is 1.86. The van der Waals surface area contributed by atoms with Crippen LogP contribution in [0, 0.1) is 0 Å². The van der Waals surface area contributed by atoms with Gasteiger partial charge in [0.25, 0.3) is 0 Å². The number of halogens is 1. The smallest absolute Gasteiger partial charge is 0.163 e. The topological polar surface area (TPSA) is 34.1 Å². The molecule has 0 aliphatic heterocycles. The summed E-state index contributed by atoms with van der Waals surface area (Å²) in [4.78, 5) is 25.5. The van der Waals surface area contributed by atoms with Gasteiger partial charge in [-0.1, -0.05) is 94.8 Å². The number of benzene rings is 3. The molecule has 0 atom stereocenters. The van der Waals surface area contributed by atoms with Crippen LogP contribution in [0.1, 0.15) is 45.0 Å². The Kier molecular flexibility index (Phi) is 6.13. The minimum absolute atomic E-state index is 0.0483. The van der Waals surface area contributed by atoms with E-state index in [0.29, 0.717) is 24.0 Å². The largest absolute Gasteiger partial charge is 0.294 e. The maximum absolute atomic E-state index is 12.7. The van der Waals surface area contributed by atoms with Crippen molar-refractivity contribution < 1.29 is 9.59 Å². The number of ketones is 2. The number of hydrogen-bond donors (Lipinski definition) is 0. The molecule has 0 saturated carbocycles. The van der Waals surface area contributed by atoms with Crippen LogP contribution in [-0.2, 0) is 0 Å². The highest BCUT2D eigenvalue weighted by atomic mass is 79.9. The van der Waals surface area contributed by atoms with Gasteiger partial charge in [0, 0.05) is 28.4 Å². The lowest BCUT2D eigenvalue weighted by molar-refractivity contribution is 0.0944. The third kappa shape index (κ3) is 4.55. The third-order valence-electron chi connectivity index (χ3n) is 4.40. The van der Waals surface area contributed by atoms with Crippen molar-refractivity contribution >= 4 is 27.5 Å². The van der Waals surface area contributed by atoms with Gasteiger partial charge in [0.2, 0.25) is 0 Å². The number of Topliss-reactive ketones (excluding diaryl/α,β-unsaturated/α-hetero) is 2. The SMILES string of the molecule is O=C(CC(CC(=O)c1ccccc1)c1ccccc1Br)c1ccccc1. The predicted octanol–water partition coefficient (Wildman–Crippen LogP) is 6.08. The van der Waals surface area contributed by atoms with Crippen LogP contribution >= 0.6 is 15.9 Å². The molecule has 3 aromatic carbocycles. The lowest BCUT2D eigenvalue weighted by Crippen LogP contribution is -2.13. The summed E-state index contributed by atoms with van der Waals surface area (Å²) in [6, 6.07) is 26.3. The lowest BCUT2D eigenvalue weighted by Gasteiger charge is -2.18. The molecule has 0 aromatic heterocycles. The van der Waals surface area contributed by atoms with E-state index < -0.39 is 0 Å². The molecule has 3 heteroatoms. The Labute approximate surface area is 162 Å². The highest BCUT2D eigenvalue weighted by molar-refractivity contribution is 9.10. The van der Waals surface area contributed by atoms with Crippen molar-refractivity contribution in [3.8, 4) is 0 Å². The van der Waals surface area contributed by atoms with Gasteiger partial charge in [0.1, 0.15) is 0 Å². The zero-order chi connectivity index (χ0) is 18.4. The molecule has 0 radical (unpaired) electrons. The van der Waals surface area contributed by atoms with Crippen molar-refractivity contribution in [2.75, 3.05) is 0 Å². The maximum Gasteiger partial charge on any atom is 0.163 e. The van der Waals surface area contributed by atoms with E-state index in [1.165, 1.54) is 0 Å².